The summed E-state index contributed by atoms with van der Waals surface area (Å²) in [6.45, 7) is 0. The minimum atomic E-state index is -0.406. The van der Waals surface area contributed by atoms with Gasteiger partial charge in [-0.1, -0.05) is 18.2 Å². The number of carbonyl (C=O) groups excluding carboxylic acids is 1. The highest BCUT2D eigenvalue weighted by molar-refractivity contribution is 6.05. The van der Waals surface area contributed by atoms with Crippen LogP contribution in [0.5, 0.6) is 0 Å². The molecule has 0 unspecified atom stereocenters. The first-order valence-corrected chi connectivity index (χ1v) is 6.82. The van der Waals surface area contributed by atoms with Gasteiger partial charge in [0.2, 0.25) is 5.89 Å². The van der Waals surface area contributed by atoms with Crippen molar-refractivity contribution < 1.29 is 13.9 Å². The van der Waals surface area contributed by atoms with Gasteiger partial charge in [0.05, 0.1) is 12.6 Å². The molecule has 0 spiro atoms. The summed E-state index contributed by atoms with van der Waals surface area (Å²) < 4.78 is 10.5. The molecular weight excluding hydrogens is 280 g/mol. The summed E-state index contributed by atoms with van der Waals surface area (Å²) in [4.78, 5) is 19.3. The lowest BCUT2D eigenvalue weighted by Crippen LogP contribution is -2.00. The Kier molecular flexibility index (Phi) is 2.72. The smallest absolute Gasteiger partial charge is 0.354 e. The van der Waals surface area contributed by atoms with Crippen LogP contribution in [0.2, 0.25) is 0 Å². The van der Waals surface area contributed by atoms with Gasteiger partial charge in [-0.3, -0.25) is 0 Å². The molecular formula is C17H12N2O3. The van der Waals surface area contributed by atoms with E-state index in [0.717, 1.165) is 16.5 Å². The van der Waals surface area contributed by atoms with Crippen molar-refractivity contribution in [2.24, 2.45) is 0 Å². The first kappa shape index (κ1) is 12.6. The summed E-state index contributed by atoms with van der Waals surface area (Å²) in [6.07, 6.45) is 0. The highest BCUT2D eigenvalue weighted by Gasteiger charge is 2.15. The van der Waals surface area contributed by atoms with Gasteiger partial charge in [-0.05, 0) is 30.3 Å². The van der Waals surface area contributed by atoms with E-state index in [9.17, 15) is 4.79 Å². The third-order valence-electron chi connectivity index (χ3n) is 3.58. The molecule has 2 aromatic heterocycles. The van der Waals surface area contributed by atoms with Crippen molar-refractivity contribution in [2.45, 2.75) is 0 Å². The summed E-state index contributed by atoms with van der Waals surface area (Å²) in [5.41, 5.74) is 3.45. The van der Waals surface area contributed by atoms with Gasteiger partial charge in [-0.2, -0.15) is 0 Å². The number of aromatic nitrogens is 2. The van der Waals surface area contributed by atoms with E-state index in [0.29, 0.717) is 22.7 Å². The number of hydrogen-bond donors (Lipinski definition) is 1. The minimum absolute atomic E-state index is 0.397. The number of aromatic amines is 1. The van der Waals surface area contributed by atoms with Crippen molar-refractivity contribution in [1.29, 1.82) is 0 Å². The molecule has 5 nitrogen and oxygen atoms in total. The van der Waals surface area contributed by atoms with Crippen LogP contribution in [0.4, 0.5) is 0 Å². The van der Waals surface area contributed by atoms with Crippen molar-refractivity contribution >= 4 is 28.0 Å². The van der Waals surface area contributed by atoms with Crippen molar-refractivity contribution in [3.8, 4) is 11.5 Å². The normalized spacial score (nSPS) is 11.1. The molecule has 0 radical (unpaired) electrons. The molecule has 0 aliphatic carbocycles. The number of nitrogens with zero attached hydrogens (tertiary/aromatic N) is 1. The zero-order chi connectivity index (χ0) is 15.1. The molecule has 2 heterocycles. The summed E-state index contributed by atoms with van der Waals surface area (Å²) in [6, 6.07) is 15.2. The summed E-state index contributed by atoms with van der Waals surface area (Å²) in [5.74, 6) is 0.147. The lowest BCUT2D eigenvalue weighted by atomic mass is 10.2. The number of ether oxygens (including phenoxy) is 1. The molecule has 1 N–H and O–H groups in total. The second-order valence-corrected chi connectivity index (χ2v) is 4.94. The average molecular weight is 292 g/mol. The van der Waals surface area contributed by atoms with Gasteiger partial charge in [0.25, 0.3) is 0 Å². The van der Waals surface area contributed by atoms with E-state index in [1.54, 1.807) is 6.07 Å². The Labute approximate surface area is 125 Å². The topological polar surface area (TPSA) is 68.1 Å². The maximum Gasteiger partial charge on any atom is 0.354 e. The number of fused-ring (bicyclic) bond motifs is 3. The molecule has 0 aliphatic rings. The lowest BCUT2D eigenvalue weighted by Gasteiger charge is -1.92. The quantitative estimate of drug-likeness (QED) is 0.571. The van der Waals surface area contributed by atoms with Crippen molar-refractivity contribution in [1.82, 2.24) is 9.97 Å². The number of hydrogen-bond acceptors (Lipinski definition) is 4. The predicted octanol–water partition coefficient (Wildman–Crippen LogP) is 3.76. The Morgan fingerprint density at radius 3 is 2.77 bits per heavy atom. The monoisotopic (exact) mass is 292 g/mol. The molecule has 0 amide bonds. The molecule has 108 valence electrons. The molecule has 5 heteroatoms. The number of oxazole rings is 1. The van der Waals surface area contributed by atoms with Crippen molar-refractivity contribution in [2.75, 3.05) is 7.11 Å². The van der Waals surface area contributed by atoms with E-state index < -0.39 is 5.97 Å². The van der Waals surface area contributed by atoms with Gasteiger partial charge in [-0.15, -0.1) is 0 Å². The predicted molar refractivity (Wildman–Crippen MR) is 82.6 cm³/mol. The second-order valence-electron chi connectivity index (χ2n) is 4.94. The van der Waals surface area contributed by atoms with Crippen LogP contribution in [0.3, 0.4) is 0 Å². The van der Waals surface area contributed by atoms with Crippen LogP contribution in [-0.4, -0.2) is 23.0 Å². The number of carbonyl (C=O) groups is 1. The van der Waals surface area contributed by atoms with Crippen LogP contribution < -0.4 is 0 Å². The third-order valence-corrected chi connectivity index (χ3v) is 3.58. The minimum Gasteiger partial charge on any atom is -0.464 e. The Bertz CT molecular complexity index is 983. The Morgan fingerprint density at radius 1 is 1.18 bits per heavy atom. The highest BCUT2D eigenvalue weighted by atomic mass is 16.5. The van der Waals surface area contributed by atoms with Gasteiger partial charge in [-0.25, -0.2) is 9.78 Å². The van der Waals surface area contributed by atoms with E-state index in [-0.39, 0.29) is 0 Å². The van der Waals surface area contributed by atoms with Gasteiger partial charge >= 0.3 is 5.97 Å². The van der Waals surface area contributed by atoms with E-state index >= 15 is 0 Å². The second kappa shape index (κ2) is 4.73. The average Bonchev–Trinajstić information content (AvgIpc) is 3.18. The highest BCUT2D eigenvalue weighted by Crippen LogP contribution is 2.29. The number of esters is 1. The molecule has 0 fully saturated rings. The molecule has 0 saturated carbocycles. The van der Waals surface area contributed by atoms with Gasteiger partial charge in [0.1, 0.15) is 11.2 Å². The Hall–Kier alpha value is -3.08. The third kappa shape index (κ3) is 1.87. The zero-order valence-corrected chi connectivity index (χ0v) is 11.8. The number of nitrogens with one attached hydrogen (secondary N) is 1. The molecule has 0 aliphatic heterocycles. The van der Waals surface area contributed by atoms with E-state index in [2.05, 4.69) is 9.97 Å². The van der Waals surface area contributed by atoms with Crippen LogP contribution >= 0.6 is 0 Å². The number of methoxy groups -OCH3 is 1. The summed E-state index contributed by atoms with van der Waals surface area (Å²) >= 11 is 0. The maximum atomic E-state index is 11.6. The molecule has 4 rings (SSSR count). The molecule has 0 bridgehead atoms. The largest absolute Gasteiger partial charge is 0.464 e. The lowest BCUT2D eigenvalue weighted by molar-refractivity contribution is 0.0595. The fourth-order valence-corrected chi connectivity index (χ4v) is 2.51. The van der Waals surface area contributed by atoms with Crippen LogP contribution in [0.25, 0.3) is 33.5 Å². The van der Waals surface area contributed by atoms with Crippen molar-refractivity contribution in [3.63, 3.8) is 0 Å². The first-order valence-electron chi connectivity index (χ1n) is 6.82. The summed E-state index contributed by atoms with van der Waals surface area (Å²) in [7, 11) is 1.35. The standard InChI is InChI=1S/C17H12N2O3/c1-21-17(20)12-9-11-7-8-13-15(14(11)18-12)19-16(22-13)10-5-3-2-4-6-10/h2-9,18H,1H3. The fraction of sp³-hybridized carbons (Fsp3) is 0.0588. The molecule has 0 saturated heterocycles. The van der Waals surface area contributed by atoms with E-state index in [1.165, 1.54) is 7.11 Å². The Balaban J connectivity index is 1.94. The summed E-state index contributed by atoms with van der Waals surface area (Å²) in [5, 5.41) is 0.890. The van der Waals surface area contributed by atoms with E-state index in [4.69, 9.17) is 9.15 Å². The maximum absolute atomic E-state index is 11.6. The molecule has 4 aromatic rings. The number of H-pyrrole nitrogens is 1. The van der Waals surface area contributed by atoms with E-state index in [1.807, 2.05) is 42.5 Å². The fourth-order valence-electron chi connectivity index (χ4n) is 2.51. The first-order chi connectivity index (χ1) is 10.8. The zero-order valence-electron chi connectivity index (χ0n) is 11.8. The van der Waals surface area contributed by atoms with Gasteiger partial charge in [0.15, 0.2) is 5.58 Å². The van der Waals surface area contributed by atoms with Crippen LogP contribution in [-0.2, 0) is 4.74 Å². The Morgan fingerprint density at radius 2 is 2.00 bits per heavy atom. The van der Waals surface area contributed by atoms with Crippen molar-refractivity contribution in [3.05, 3.63) is 54.2 Å². The van der Waals surface area contributed by atoms with Crippen LogP contribution in [0.1, 0.15) is 10.5 Å². The number of benzene rings is 2. The molecule has 0 atom stereocenters. The van der Waals surface area contributed by atoms with Crippen LogP contribution in [0, 0.1) is 0 Å². The van der Waals surface area contributed by atoms with Crippen LogP contribution in [0.15, 0.2) is 52.9 Å². The SMILES string of the molecule is COC(=O)c1cc2ccc3oc(-c4ccccc4)nc3c2[nH]1. The molecule has 22 heavy (non-hydrogen) atoms. The van der Waals surface area contributed by atoms with Gasteiger partial charge < -0.3 is 14.1 Å². The van der Waals surface area contributed by atoms with Gasteiger partial charge in [0, 0.05) is 10.9 Å². The molecule has 2 aromatic carbocycles. The number of rotatable bonds is 2.